The Kier molecular flexibility index (Phi) is 3.61. The first-order valence-corrected chi connectivity index (χ1v) is 6.21. The minimum absolute atomic E-state index is 0.0948. The normalized spacial score (nSPS) is 11.5. The predicted octanol–water partition coefficient (Wildman–Crippen LogP) is 4.04. The summed E-state index contributed by atoms with van der Waals surface area (Å²) in [5.41, 5.74) is 1.95. The van der Waals surface area contributed by atoms with Crippen LogP contribution in [0.4, 0.5) is 0 Å². The molecule has 0 saturated carbocycles. The Bertz CT molecular complexity index is 460. The van der Waals surface area contributed by atoms with Gasteiger partial charge in [-0.1, -0.05) is 74.5 Å². The van der Waals surface area contributed by atoms with Crippen LogP contribution >= 0.6 is 0 Å². The van der Waals surface area contributed by atoms with Crippen molar-refractivity contribution in [3.63, 3.8) is 0 Å². The molecular weight excluding hydrogens is 220 g/mol. The number of rotatable bonds is 4. The third-order valence-corrected chi connectivity index (χ3v) is 3.31. The van der Waals surface area contributed by atoms with E-state index in [1.807, 2.05) is 50.2 Å². The molecule has 0 aliphatic carbocycles. The maximum atomic E-state index is 11.4. The fourth-order valence-electron chi connectivity index (χ4n) is 2.41. The molecule has 2 aromatic rings. The summed E-state index contributed by atoms with van der Waals surface area (Å²) in [6.45, 7) is 3.98. The lowest BCUT2D eigenvalue weighted by Gasteiger charge is -2.30. The van der Waals surface area contributed by atoms with Crippen molar-refractivity contribution in [2.24, 2.45) is 5.41 Å². The zero-order chi connectivity index (χ0) is 13.0. The van der Waals surface area contributed by atoms with Crippen LogP contribution in [0.1, 0.15) is 30.9 Å². The molecule has 0 atom stereocenters. The molecule has 0 bridgehead atoms. The van der Waals surface area contributed by atoms with Crippen LogP contribution in [0.25, 0.3) is 0 Å². The summed E-state index contributed by atoms with van der Waals surface area (Å²) in [7, 11) is 0. The van der Waals surface area contributed by atoms with Crippen LogP contribution in [0, 0.1) is 5.41 Å². The number of carbonyl (C=O) groups is 1. The third-order valence-electron chi connectivity index (χ3n) is 3.31. The summed E-state index contributed by atoms with van der Waals surface area (Å²) in [6.07, 6.45) is 1.05. The molecule has 1 heteroatoms. The molecule has 0 aliphatic heterocycles. The smallest absolute Gasteiger partial charge is 0.126 e. The molecule has 0 amide bonds. The monoisotopic (exact) mass is 238 g/mol. The van der Waals surface area contributed by atoms with Gasteiger partial charge in [-0.15, -0.1) is 0 Å². The van der Waals surface area contributed by atoms with Crippen molar-refractivity contribution in [2.75, 3.05) is 0 Å². The van der Waals surface area contributed by atoms with Crippen LogP contribution in [0.5, 0.6) is 0 Å². The average molecular weight is 238 g/mol. The second kappa shape index (κ2) is 5.18. The van der Waals surface area contributed by atoms with Crippen molar-refractivity contribution in [1.29, 1.82) is 0 Å². The number of hydrogen-bond donors (Lipinski definition) is 0. The molecule has 0 saturated heterocycles. The van der Waals surface area contributed by atoms with Gasteiger partial charge in [-0.2, -0.15) is 0 Å². The first kappa shape index (κ1) is 12.6. The summed E-state index contributed by atoms with van der Waals surface area (Å²) in [5.74, 6) is 0.0948. The molecule has 0 spiro atoms. The van der Waals surface area contributed by atoms with Gasteiger partial charge in [-0.3, -0.25) is 0 Å². The number of aldehydes is 1. The quantitative estimate of drug-likeness (QED) is 0.735. The zero-order valence-corrected chi connectivity index (χ0v) is 10.8. The molecule has 0 radical (unpaired) electrons. The molecule has 1 nitrogen and oxygen atoms in total. The van der Waals surface area contributed by atoms with E-state index in [1.165, 1.54) is 11.1 Å². The van der Waals surface area contributed by atoms with Gasteiger partial charge in [0.1, 0.15) is 6.29 Å². The molecule has 0 heterocycles. The minimum Gasteiger partial charge on any atom is -0.303 e. The van der Waals surface area contributed by atoms with Crippen LogP contribution in [-0.4, -0.2) is 6.29 Å². The lowest BCUT2D eigenvalue weighted by Crippen LogP contribution is -2.24. The van der Waals surface area contributed by atoms with Gasteiger partial charge >= 0.3 is 0 Å². The van der Waals surface area contributed by atoms with Gasteiger partial charge in [0.25, 0.3) is 0 Å². The van der Waals surface area contributed by atoms with E-state index in [9.17, 15) is 4.79 Å². The fourth-order valence-corrected chi connectivity index (χ4v) is 2.41. The van der Waals surface area contributed by atoms with Gasteiger partial charge < -0.3 is 4.79 Å². The molecule has 0 aromatic heterocycles. The van der Waals surface area contributed by atoms with Gasteiger partial charge in [-0.25, -0.2) is 0 Å². The summed E-state index contributed by atoms with van der Waals surface area (Å²) < 4.78 is 0. The van der Waals surface area contributed by atoms with E-state index in [0.29, 0.717) is 0 Å². The van der Waals surface area contributed by atoms with Crippen molar-refractivity contribution in [3.05, 3.63) is 71.8 Å². The van der Waals surface area contributed by atoms with E-state index in [-0.39, 0.29) is 5.92 Å². The minimum atomic E-state index is -0.414. The maximum absolute atomic E-state index is 11.4. The predicted molar refractivity (Wildman–Crippen MR) is 74.6 cm³/mol. The first-order valence-electron chi connectivity index (χ1n) is 6.21. The lowest BCUT2D eigenvalue weighted by molar-refractivity contribution is -0.115. The molecule has 0 unspecified atom stereocenters. The molecule has 92 valence electrons. The lowest BCUT2D eigenvalue weighted by atomic mass is 9.72. The second-order valence-electron chi connectivity index (χ2n) is 5.19. The maximum Gasteiger partial charge on any atom is 0.126 e. The average Bonchev–Trinajstić information content (AvgIpc) is 2.41. The summed E-state index contributed by atoms with van der Waals surface area (Å²) >= 11 is 0. The number of benzene rings is 2. The Morgan fingerprint density at radius 3 is 1.56 bits per heavy atom. The highest BCUT2D eigenvalue weighted by molar-refractivity contribution is 5.62. The van der Waals surface area contributed by atoms with Crippen molar-refractivity contribution >= 4 is 6.29 Å². The number of hydrogen-bond acceptors (Lipinski definition) is 1. The topological polar surface area (TPSA) is 17.1 Å². The largest absolute Gasteiger partial charge is 0.303 e. The van der Waals surface area contributed by atoms with Crippen LogP contribution in [0.3, 0.4) is 0 Å². The Labute approximate surface area is 108 Å². The van der Waals surface area contributed by atoms with Crippen molar-refractivity contribution in [3.8, 4) is 0 Å². The van der Waals surface area contributed by atoms with Crippen LogP contribution in [-0.2, 0) is 4.79 Å². The van der Waals surface area contributed by atoms with Crippen LogP contribution < -0.4 is 0 Å². The van der Waals surface area contributed by atoms with E-state index in [0.717, 1.165) is 6.29 Å². The zero-order valence-electron chi connectivity index (χ0n) is 10.8. The fraction of sp³-hybridized carbons (Fsp3) is 0.235. The molecule has 2 aromatic carbocycles. The van der Waals surface area contributed by atoms with Gasteiger partial charge in [0.15, 0.2) is 0 Å². The van der Waals surface area contributed by atoms with Gasteiger partial charge in [0.2, 0.25) is 0 Å². The highest BCUT2D eigenvalue weighted by Crippen LogP contribution is 2.39. The standard InChI is InChI=1S/C17H18O/c1-17(2,13-18)16(14-9-5-3-6-10-14)15-11-7-4-8-12-15/h3-13,16H,1-2H3. The van der Waals surface area contributed by atoms with Gasteiger partial charge in [0.05, 0.1) is 0 Å². The van der Waals surface area contributed by atoms with E-state index in [4.69, 9.17) is 0 Å². The Morgan fingerprint density at radius 2 is 1.22 bits per heavy atom. The molecular formula is C17H18O. The van der Waals surface area contributed by atoms with Crippen molar-refractivity contribution in [2.45, 2.75) is 19.8 Å². The number of carbonyl (C=O) groups excluding carboxylic acids is 1. The molecule has 18 heavy (non-hydrogen) atoms. The molecule has 2 rings (SSSR count). The van der Waals surface area contributed by atoms with Crippen molar-refractivity contribution in [1.82, 2.24) is 0 Å². The van der Waals surface area contributed by atoms with Gasteiger partial charge in [0, 0.05) is 11.3 Å². The van der Waals surface area contributed by atoms with E-state index >= 15 is 0 Å². The summed E-state index contributed by atoms with van der Waals surface area (Å²) in [4.78, 5) is 11.4. The van der Waals surface area contributed by atoms with Crippen molar-refractivity contribution < 1.29 is 4.79 Å². The van der Waals surface area contributed by atoms with Crippen LogP contribution in [0.15, 0.2) is 60.7 Å². The van der Waals surface area contributed by atoms with E-state index in [1.54, 1.807) is 0 Å². The highest BCUT2D eigenvalue weighted by atomic mass is 16.1. The highest BCUT2D eigenvalue weighted by Gasteiger charge is 2.31. The third kappa shape index (κ3) is 2.51. The van der Waals surface area contributed by atoms with E-state index < -0.39 is 5.41 Å². The molecule has 0 N–H and O–H groups in total. The summed E-state index contributed by atoms with van der Waals surface area (Å²) in [6, 6.07) is 20.4. The second-order valence-corrected chi connectivity index (χ2v) is 5.19. The van der Waals surface area contributed by atoms with Gasteiger partial charge in [-0.05, 0) is 11.1 Å². The summed E-state index contributed by atoms with van der Waals surface area (Å²) in [5, 5.41) is 0. The van der Waals surface area contributed by atoms with E-state index in [2.05, 4.69) is 24.3 Å². The van der Waals surface area contributed by atoms with Crippen LogP contribution in [0.2, 0.25) is 0 Å². The Hall–Kier alpha value is -1.89. The molecule has 0 fully saturated rings. The first-order chi connectivity index (χ1) is 8.65. The SMILES string of the molecule is CC(C)(C=O)C(c1ccccc1)c1ccccc1. The molecule has 0 aliphatic rings. The Balaban J connectivity index is 2.52. The Morgan fingerprint density at radius 1 is 0.833 bits per heavy atom.